The number of ether oxygens (including phenoxy) is 1. The molecule has 23 heavy (non-hydrogen) atoms. The zero-order valence-electron chi connectivity index (χ0n) is 12.9. The van der Waals surface area contributed by atoms with Crippen LogP contribution in [0.3, 0.4) is 0 Å². The number of rotatable bonds is 3. The molecule has 1 aliphatic heterocycles. The van der Waals surface area contributed by atoms with E-state index in [9.17, 15) is 14.3 Å². The van der Waals surface area contributed by atoms with Gasteiger partial charge in [-0.3, -0.25) is 4.79 Å². The van der Waals surface area contributed by atoms with Crippen molar-refractivity contribution < 1.29 is 19.0 Å². The van der Waals surface area contributed by atoms with Crippen molar-refractivity contribution in [3.05, 3.63) is 34.6 Å². The molecule has 4 nitrogen and oxygen atoms in total. The maximum absolute atomic E-state index is 13.1. The Morgan fingerprint density at radius 2 is 2.26 bits per heavy atom. The normalized spacial score (nSPS) is 28.1. The molecule has 1 saturated heterocycles. The Morgan fingerprint density at radius 3 is 2.96 bits per heavy atom. The first-order valence-corrected chi connectivity index (χ1v) is 8.43. The van der Waals surface area contributed by atoms with E-state index >= 15 is 0 Å². The van der Waals surface area contributed by atoms with Crippen molar-refractivity contribution in [1.82, 2.24) is 4.90 Å². The predicted octanol–water partition coefficient (Wildman–Crippen LogP) is 2.41. The third kappa shape index (κ3) is 3.67. The molecule has 3 atom stereocenters. The van der Waals surface area contributed by atoms with E-state index in [0.717, 1.165) is 19.3 Å². The van der Waals surface area contributed by atoms with Crippen LogP contribution in [-0.2, 0) is 16.0 Å². The summed E-state index contributed by atoms with van der Waals surface area (Å²) in [6.07, 6.45) is 2.45. The topological polar surface area (TPSA) is 49.8 Å². The van der Waals surface area contributed by atoms with Gasteiger partial charge in [-0.2, -0.15) is 0 Å². The van der Waals surface area contributed by atoms with E-state index in [1.54, 1.807) is 6.07 Å². The standard InChI is InChI=1S/C17H21ClFNO3/c18-14-9-12(19)5-4-11(14)8-17(22)20-6-7-23-10-15(20)13-2-1-3-16(13)21/h4-5,9,13,15-16,21H,1-3,6-8,10H2/t13-,15-,16-/m1/s1. The van der Waals surface area contributed by atoms with E-state index < -0.39 is 5.82 Å². The van der Waals surface area contributed by atoms with Gasteiger partial charge in [0, 0.05) is 17.5 Å². The first kappa shape index (κ1) is 16.7. The summed E-state index contributed by atoms with van der Waals surface area (Å²) in [7, 11) is 0. The Kier molecular flexibility index (Phi) is 5.19. The van der Waals surface area contributed by atoms with Crippen LogP contribution in [0.5, 0.6) is 0 Å². The second-order valence-corrected chi connectivity index (χ2v) is 6.71. The van der Waals surface area contributed by atoms with Gasteiger partial charge >= 0.3 is 0 Å². The molecule has 1 aliphatic carbocycles. The van der Waals surface area contributed by atoms with Crippen molar-refractivity contribution >= 4 is 17.5 Å². The fourth-order valence-corrected chi connectivity index (χ4v) is 3.87. The summed E-state index contributed by atoms with van der Waals surface area (Å²) in [4.78, 5) is 14.5. The Labute approximate surface area is 140 Å². The van der Waals surface area contributed by atoms with E-state index in [4.69, 9.17) is 16.3 Å². The molecule has 0 bridgehead atoms. The summed E-state index contributed by atoms with van der Waals surface area (Å²) in [5, 5.41) is 10.4. The fourth-order valence-electron chi connectivity index (χ4n) is 3.63. The minimum absolute atomic E-state index is 0.0501. The number of carbonyl (C=O) groups excluding carboxylic acids is 1. The Bertz CT molecular complexity index is 583. The predicted molar refractivity (Wildman–Crippen MR) is 84.8 cm³/mol. The SMILES string of the molecule is O=C(Cc1ccc(F)cc1Cl)N1CCOC[C@@H]1[C@H]1CCC[C@H]1O. The summed E-state index contributed by atoms with van der Waals surface area (Å²) in [5.41, 5.74) is 0.621. The van der Waals surface area contributed by atoms with Crippen LogP contribution >= 0.6 is 11.6 Å². The van der Waals surface area contributed by atoms with Crippen LogP contribution in [0.2, 0.25) is 5.02 Å². The molecule has 0 spiro atoms. The van der Waals surface area contributed by atoms with Crippen molar-refractivity contribution in [3.8, 4) is 0 Å². The van der Waals surface area contributed by atoms with Crippen LogP contribution in [0.1, 0.15) is 24.8 Å². The van der Waals surface area contributed by atoms with Crippen LogP contribution in [0, 0.1) is 11.7 Å². The highest BCUT2D eigenvalue weighted by atomic mass is 35.5. The highest BCUT2D eigenvalue weighted by Crippen LogP contribution is 2.32. The van der Waals surface area contributed by atoms with Crippen LogP contribution in [0.15, 0.2) is 18.2 Å². The van der Waals surface area contributed by atoms with Gasteiger partial charge in [-0.25, -0.2) is 4.39 Å². The van der Waals surface area contributed by atoms with Gasteiger partial charge in [0.05, 0.1) is 31.8 Å². The lowest BCUT2D eigenvalue weighted by molar-refractivity contribution is -0.143. The van der Waals surface area contributed by atoms with Gasteiger partial charge in [0.15, 0.2) is 0 Å². The Balaban J connectivity index is 1.73. The van der Waals surface area contributed by atoms with Crippen LogP contribution in [-0.4, -0.2) is 47.8 Å². The van der Waals surface area contributed by atoms with Gasteiger partial charge in [0.25, 0.3) is 0 Å². The average molecular weight is 342 g/mol. The molecule has 1 aromatic rings. The highest BCUT2D eigenvalue weighted by Gasteiger charge is 2.39. The summed E-state index contributed by atoms with van der Waals surface area (Å²) >= 11 is 6.02. The third-order valence-corrected chi connectivity index (χ3v) is 5.22. The molecule has 0 aromatic heterocycles. The molecule has 2 aliphatic rings. The second-order valence-electron chi connectivity index (χ2n) is 6.30. The molecule has 1 aromatic carbocycles. The van der Waals surface area contributed by atoms with Crippen molar-refractivity contribution in [2.75, 3.05) is 19.8 Å². The lowest BCUT2D eigenvalue weighted by Gasteiger charge is -2.40. The van der Waals surface area contributed by atoms with Crippen molar-refractivity contribution in [2.24, 2.45) is 5.92 Å². The van der Waals surface area contributed by atoms with Crippen molar-refractivity contribution in [3.63, 3.8) is 0 Å². The van der Waals surface area contributed by atoms with Crippen LogP contribution < -0.4 is 0 Å². The molecule has 3 rings (SSSR count). The molecular formula is C17H21ClFNO3. The summed E-state index contributed by atoms with van der Waals surface area (Å²) in [5.74, 6) is -0.390. The molecule has 1 heterocycles. The first-order valence-electron chi connectivity index (χ1n) is 8.05. The van der Waals surface area contributed by atoms with Gasteiger partial charge in [0.1, 0.15) is 5.82 Å². The van der Waals surface area contributed by atoms with Crippen LogP contribution in [0.25, 0.3) is 0 Å². The van der Waals surface area contributed by atoms with Crippen molar-refractivity contribution in [1.29, 1.82) is 0 Å². The fraction of sp³-hybridized carbons (Fsp3) is 0.588. The van der Waals surface area contributed by atoms with Crippen LogP contribution in [0.4, 0.5) is 4.39 Å². The van der Waals surface area contributed by atoms with Gasteiger partial charge < -0.3 is 14.7 Å². The van der Waals surface area contributed by atoms with Gasteiger partial charge in [0.2, 0.25) is 5.91 Å². The maximum atomic E-state index is 13.1. The maximum Gasteiger partial charge on any atom is 0.227 e. The smallest absolute Gasteiger partial charge is 0.227 e. The zero-order chi connectivity index (χ0) is 16.4. The quantitative estimate of drug-likeness (QED) is 0.918. The molecule has 6 heteroatoms. The Morgan fingerprint density at radius 1 is 1.43 bits per heavy atom. The third-order valence-electron chi connectivity index (χ3n) is 4.87. The van der Waals surface area contributed by atoms with E-state index in [2.05, 4.69) is 0 Å². The number of hydrogen-bond donors (Lipinski definition) is 1. The second kappa shape index (κ2) is 7.16. The average Bonchev–Trinajstić information content (AvgIpc) is 2.96. The summed E-state index contributed by atoms with van der Waals surface area (Å²) < 4.78 is 18.7. The lowest BCUT2D eigenvalue weighted by atomic mass is 9.93. The molecule has 0 radical (unpaired) electrons. The number of aliphatic hydroxyl groups excluding tert-OH is 1. The monoisotopic (exact) mass is 341 g/mol. The minimum atomic E-state index is -0.412. The van der Waals surface area contributed by atoms with Crippen molar-refractivity contribution in [2.45, 2.75) is 37.8 Å². The minimum Gasteiger partial charge on any atom is -0.393 e. The largest absolute Gasteiger partial charge is 0.393 e. The van der Waals surface area contributed by atoms with Gasteiger partial charge in [-0.1, -0.05) is 24.1 Å². The highest BCUT2D eigenvalue weighted by molar-refractivity contribution is 6.31. The van der Waals surface area contributed by atoms with E-state index in [1.165, 1.54) is 12.1 Å². The Hall–Kier alpha value is -1.17. The number of hydrogen-bond acceptors (Lipinski definition) is 3. The number of nitrogens with zero attached hydrogens (tertiary/aromatic N) is 1. The summed E-state index contributed by atoms with van der Waals surface area (Å²) in [6.45, 7) is 1.48. The zero-order valence-corrected chi connectivity index (χ0v) is 13.6. The molecule has 1 amide bonds. The molecule has 2 fully saturated rings. The first-order chi connectivity index (χ1) is 11.1. The molecule has 126 valence electrons. The lowest BCUT2D eigenvalue weighted by Crippen LogP contribution is -2.54. The number of morpholine rings is 1. The number of halogens is 2. The molecule has 1 N–H and O–H groups in total. The van der Waals surface area contributed by atoms with E-state index in [1.807, 2.05) is 4.90 Å². The van der Waals surface area contributed by atoms with Gasteiger partial charge in [-0.05, 0) is 30.5 Å². The number of benzene rings is 1. The summed E-state index contributed by atoms with van der Waals surface area (Å²) in [6, 6.07) is 4.00. The van der Waals surface area contributed by atoms with E-state index in [-0.39, 0.29) is 35.4 Å². The van der Waals surface area contributed by atoms with Gasteiger partial charge in [-0.15, -0.1) is 0 Å². The number of carbonyl (C=O) groups is 1. The van der Waals surface area contributed by atoms with E-state index in [0.29, 0.717) is 25.3 Å². The molecular weight excluding hydrogens is 321 g/mol. The molecule has 1 saturated carbocycles. The number of aliphatic hydroxyl groups is 1. The number of amides is 1. The molecule has 0 unspecified atom stereocenters.